The van der Waals surface area contributed by atoms with E-state index >= 15 is 0 Å². The number of aliphatic hydroxyl groups excluding tert-OH is 1. The van der Waals surface area contributed by atoms with E-state index in [1.165, 1.54) is 6.07 Å². The molecule has 1 aromatic carbocycles. The molecule has 0 amide bonds. The lowest BCUT2D eigenvalue weighted by Crippen LogP contribution is -2.40. The third-order valence-electron chi connectivity index (χ3n) is 3.82. The molecule has 1 aliphatic rings. The molecule has 3 rings (SSSR count). The first-order valence-corrected chi connectivity index (χ1v) is 8.07. The number of morpholine rings is 1. The van der Waals surface area contributed by atoms with Crippen molar-refractivity contribution in [3.63, 3.8) is 0 Å². The zero-order chi connectivity index (χ0) is 15.5. The van der Waals surface area contributed by atoms with Gasteiger partial charge in [0.25, 0.3) is 0 Å². The van der Waals surface area contributed by atoms with Crippen molar-refractivity contribution in [3.05, 3.63) is 57.8 Å². The zero-order valence-electron chi connectivity index (χ0n) is 11.9. The van der Waals surface area contributed by atoms with E-state index in [1.54, 1.807) is 11.3 Å². The summed E-state index contributed by atoms with van der Waals surface area (Å²) in [5, 5.41) is 14.3. The number of benzene rings is 1. The number of ether oxygens (including phenoxy) is 1. The van der Waals surface area contributed by atoms with Gasteiger partial charge in [0.05, 0.1) is 18.8 Å². The largest absolute Gasteiger partial charge is 0.387 e. The van der Waals surface area contributed by atoms with Crippen LogP contribution in [0.15, 0.2) is 35.0 Å². The first-order valence-electron chi connectivity index (χ1n) is 7.12. The van der Waals surface area contributed by atoms with E-state index in [0.29, 0.717) is 26.2 Å². The molecule has 6 heteroatoms. The van der Waals surface area contributed by atoms with Gasteiger partial charge in [0.15, 0.2) is 0 Å². The Labute approximate surface area is 131 Å². The quantitative estimate of drug-likeness (QED) is 0.937. The molecular formula is C16H17F2NO2S. The fourth-order valence-corrected chi connectivity index (χ4v) is 3.34. The average Bonchev–Trinajstić information content (AvgIpc) is 3.01. The SMILES string of the molecule is OC(CN1CCOC(c2ccsc2)C1)c1ccc(F)cc1F. The molecule has 0 bridgehead atoms. The van der Waals surface area contributed by atoms with Crippen molar-refractivity contribution in [2.75, 3.05) is 26.2 Å². The van der Waals surface area contributed by atoms with Crippen LogP contribution in [0.5, 0.6) is 0 Å². The first kappa shape index (κ1) is 15.6. The summed E-state index contributed by atoms with van der Waals surface area (Å²) in [6.45, 7) is 2.20. The molecule has 1 N–H and O–H groups in total. The van der Waals surface area contributed by atoms with Gasteiger partial charge in [-0.2, -0.15) is 11.3 Å². The maximum absolute atomic E-state index is 13.7. The number of hydrogen-bond donors (Lipinski definition) is 1. The fraction of sp³-hybridized carbons (Fsp3) is 0.375. The molecular weight excluding hydrogens is 308 g/mol. The van der Waals surface area contributed by atoms with E-state index in [9.17, 15) is 13.9 Å². The van der Waals surface area contributed by atoms with E-state index in [4.69, 9.17) is 4.74 Å². The number of thiophene rings is 1. The van der Waals surface area contributed by atoms with Crippen molar-refractivity contribution in [1.82, 2.24) is 4.90 Å². The summed E-state index contributed by atoms with van der Waals surface area (Å²) < 4.78 is 32.4. The molecule has 2 atom stereocenters. The van der Waals surface area contributed by atoms with Gasteiger partial charge in [-0.1, -0.05) is 6.07 Å². The first-order chi connectivity index (χ1) is 10.6. The minimum Gasteiger partial charge on any atom is -0.387 e. The highest BCUT2D eigenvalue weighted by molar-refractivity contribution is 7.07. The van der Waals surface area contributed by atoms with Crippen molar-refractivity contribution in [2.24, 2.45) is 0 Å². The molecule has 1 fully saturated rings. The second-order valence-corrected chi connectivity index (χ2v) is 6.14. The molecule has 0 aliphatic carbocycles. The third-order valence-corrected chi connectivity index (χ3v) is 4.52. The highest BCUT2D eigenvalue weighted by atomic mass is 32.1. The molecule has 1 aromatic heterocycles. The molecule has 0 radical (unpaired) electrons. The Morgan fingerprint density at radius 2 is 2.23 bits per heavy atom. The standard InChI is InChI=1S/C16H17F2NO2S/c17-12-1-2-13(14(18)7-12)15(20)8-19-4-5-21-16(9-19)11-3-6-22-10-11/h1-3,6-7,10,15-16,20H,4-5,8-9H2. The topological polar surface area (TPSA) is 32.7 Å². The summed E-state index contributed by atoms with van der Waals surface area (Å²) in [7, 11) is 0. The number of hydrogen-bond acceptors (Lipinski definition) is 4. The predicted octanol–water partition coefficient (Wildman–Crippen LogP) is 3.13. The third kappa shape index (κ3) is 3.52. The summed E-state index contributed by atoms with van der Waals surface area (Å²) in [5.41, 5.74) is 1.25. The second-order valence-electron chi connectivity index (χ2n) is 5.36. The van der Waals surface area contributed by atoms with Gasteiger partial charge < -0.3 is 9.84 Å². The van der Waals surface area contributed by atoms with E-state index in [-0.39, 0.29) is 11.7 Å². The summed E-state index contributed by atoms with van der Waals surface area (Å²) >= 11 is 1.62. The monoisotopic (exact) mass is 325 g/mol. The molecule has 2 aromatic rings. The number of β-amino-alcohol motifs (C(OH)–C–C–N with tert-alkyl or cyclic N) is 1. The molecule has 1 saturated heterocycles. The van der Waals surface area contributed by atoms with Crippen LogP contribution in [-0.4, -0.2) is 36.2 Å². The van der Waals surface area contributed by atoms with Gasteiger partial charge in [0, 0.05) is 31.3 Å². The van der Waals surface area contributed by atoms with Crippen molar-refractivity contribution < 1.29 is 18.6 Å². The lowest BCUT2D eigenvalue weighted by atomic mass is 10.1. The van der Waals surface area contributed by atoms with Crippen molar-refractivity contribution in [1.29, 1.82) is 0 Å². The smallest absolute Gasteiger partial charge is 0.131 e. The maximum atomic E-state index is 13.7. The summed E-state index contributed by atoms with van der Waals surface area (Å²) in [6.07, 6.45) is -1.01. The highest BCUT2D eigenvalue weighted by Crippen LogP contribution is 2.26. The average molecular weight is 325 g/mol. The van der Waals surface area contributed by atoms with Gasteiger partial charge in [-0.15, -0.1) is 0 Å². The van der Waals surface area contributed by atoms with Crippen LogP contribution in [0.2, 0.25) is 0 Å². The molecule has 3 nitrogen and oxygen atoms in total. The number of aliphatic hydroxyl groups is 1. The van der Waals surface area contributed by atoms with Gasteiger partial charge in [-0.3, -0.25) is 4.90 Å². The molecule has 2 unspecified atom stereocenters. The second kappa shape index (κ2) is 6.83. The summed E-state index contributed by atoms with van der Waals surface area (Å²) in [6, 6.07) is 5.28. The Balaban J connectivity index is 1.64. The minimum atomic E-state index is -0.984. The van der Waals surface area contributed by atoms with Gasteiger partial charge in [-0.25, -0.2) is 8.78 Å². The van der Waals surface area contributed by atoms with Crippen LogP contribution in [0.3, 0.4) is 0 Å². The minimum absolute atomic E-state index is 0.0229. The van der Waals surface area contributed by atoms with Gasteiger partial charge in [0.1, 0.15) is 11.6 Å². The molecule has 0 saturated carbocycles. The molecule has 22 heavy (non-hydrogen) atoms. The van der Waals surface area contributed by atoms with Gasteiger partial charge in [-0.05, 0) is 28.5 Å². The van der Waals surface area contributed by atoms with Crippen LogP contribution in [0, 0.1) is 11.6 Å². The Bertz CT molecular complexity index is 621. The number of halogens is 2. The Hall–Kier alpha value is -1.34. The molecule has 1 aliphatic heterocycles. The fourth-order valence-electron chi connectivity index (χ4n) is 2.64. The van der Waals surface area contributed by atoms with Crippen molar-refractivity contribution in [2.45, 2.75) is 12.2 Å². The van der Waals surface area contributed by atoms with Gasteiger partial charge in [0.2, 0.25) is 0 Å². The summed E-state index contributed by atoms with van der Waals surface area (Å²) in [5.74, 6) is -1.35. The highest BCUT2D eigenvalue weighted by Gasteiger charge is 2.25. The van der Waals surface area contributed by atoms with Crippen LogP contribution in [0.1, 0.15) is 23.3 Å². The normalized spacial score (nSPS) is 21.0. The van der Waals surface area contributed by atoms with Crippen LogP contribution in [0.4, 0.5) is 8.78 Å². The van der Waals surface area contributed by atoms with E-state index in [2.05, 4.69) is 0 Å². The lowest BCUT2D eigenvalue weighted by molar-refractivity contribution is -0.0425. The van der Waals surface area contributed by atoms with E-state index in [1.807, 2.05) is 21.7 Å². The van der Waals surface area contributed by atoms with Crippen LogP contribution >= 0.6 is 11.3 Å². The number of rotatable bonds is 4. The Morgan fingerprint density at radius 3 is 2.95 bits per heavy atom. The molecule has 2 heterocycles. The predicted molar refractivity (Wildman–Crippen MR) is 80.8 cm³/mol. The lowest BCUT2D eigenvalue weighted by Gasteiger charge is -2.34. The number of nitrogens with zero attached hydrogens (tertiary/aromatic N) is 1. The van der Waals surface area contributed by atoms with Crippen LogP contribution < -0.4 is 0 Å². The molecule has 118 valence electrons. The van der Waals surface area contributed by atoms with Crippen molar-refractivity contribution in [3.8, 4) is 0 Å². The van der Waals surface area contributed by atoms with E-state index < -0.39 is 17.7 Å². The van der Waals surface area contributed by atoms with Crippen molar-refractivity contribution >= 4 is 11.3 Å². The Morgan fingerprint density at radius 1 is 1.36 bits per heavy atom. The Kier molecular flexibility index (Phi) is 4.83. The van der Waals surface area contributed by atoms with Crippen LogP contribution in [-0.2, 0) is 4.74 Å². The van der Waals surface area contributed by atoms with Crippen LogP contribution in [0.25, 0.3) is 0 Å². The summed E-state index contributed by atoms with van der Waals surface area (Å²) in [4.78, 5) is 2.04. The van der Waals surface area contributed by atoms with Gasteiger partial charge >= 0.3 is 0 Å². The van der Waals surface area contributed by atoms with E-state index in [0.717, 1.165) is 17.7 Å². The molecule has 0 spiro atoms. The maximum Gasteiger partial charge on any atom is 0.131 e. The zero-order valence-corrected chi connectivity index (χ0v) is 12.7.